The Bertz CT molecular complexity index is 90.5. The second-order valence-electron chi connectivity index (χ2n) is 2.51. The summed E-state index contributed by atoms with van der Waals surface area (Å²) < 4.78 is 0. The van der Waals surface area contributed by atoms with Gasteiger partial charge in [0.25, 0.3) is 0 Å². The molecule has 0 bridgehead atoms. The summed E-state index contributed by atoms with van der Waals surface area (Å²) in [7, 11) is 0. The average Bonchev–Trinajstić information content (AvgIpc) is 2.03. The predicted molar refractivity (Wildman–Crippen MR) is 44.3 cm³/mol. The number of aliphatic hydroxyl groups is 2. The van der Waals surface area contributed by atoms with Gasteiger partial charge in [-0.05, 0) is 6.54 Å². The van der Waals surface area contributed by atoms with Crippen molar-refractivity contribution in [2.45, 2.75) is 13.0 Å². The quantitative estimate of drug-likeness (QED) is 0.450. The predicted octanol–water partition coefficient (Wildman–Crippen LogP) is -1.38. The van der Waals surface area contributed by atoms with E-state index in [-0.39, 0.29) is 13.2 Å². The zero-order valence-electron chi connectivity index (χ0n) is 7.03. The number of hydrogen-bond acceptors (Lipinski definition) is 4. The summed E-state index contributed by atoms with van der Waals surface area (Å²) in [4.78, 5) is 1.96. The molecule has 0 rings (SSSR count). The maximum Gasteiger partial charge on any atom is 0.0789 e. The molecular formula is C7H18N2O2. The van der Waals surface area contributed by atoms with Gasteiger partial charge in [-0.2, -0.15) is 0 Å². The Kier molecular flexibility index (Phi) is 6.45. The summed E-state index contributed by atoms with van der Waals surface area (Å²) in [5.41, 5.74) is 5.23. The van der Waals surface area contributed by atoms with Crippen LogP contribution >= 0.6 is 0 Å². The minimum absolute atomic E-state index is 0.130. The fourth-order valence-corrected chi connectivity index (χ4v) is 0.893. The van der Waals surface area contributed by atoms with E-state index in [2.05, 4.69) is 0 Å². The van der Waals surface area contributed by atoms with E-state index in [0.29, 0.717) is 13.1 Å². The van der Waals surface area contributed by atoms with E-state index in [0.717, 1.165) is 6.54 Å². The van der Waals surface area contributed by atoms with Crippen LogP contribution in [0.3, 0.4) is 0 Å². The van der Waals surface area contributed by atoms with Gasteiger partial charge in [-0.15, -0.1) is 0 Å². The maximum atomic E-state index is 9.14. The van der Waals surface area contributed by atoms with E-state index in [1.807, 2.05) is 11.8 Å². The summed E-state index contributed by atoms with van der Waals surface area (Å²) in [5.74, 6) is 0. The molecule has 0 aromatic rings. The van der Waals surface area contributed by atoms with E-state index < -0.39 is 6.10 Å². The highest BCUT2D eigenvalue weighted by molar-refractivity contribution is 4.63. The van der Waals surface area contributed by atoms with E-state index >= 15 is 0 Å². The molecule has 11 heavy (non-hydrogen) atoms. The molecule has 4 heteroatoms. The first-order chi connectivity index (χ1) is 5.24. The third-order valence-corrected chi connectivity index (χ3v) is 1.60. The fraction of sp³-hybridized carbons (Fsp3) is 1.00. The molecule has 0 saturated heterocycles. The number of hydrogen-bond donors (Lipinski definition) is 3. The molecule has 0 aliphatic carbocycles. The minimum atomic E-state index is -0.471. The Balaban J connectivity index is 3.49. The van der Waals surface area contributed by atoms with E-state index in [1.54, 1.807) is 0 Å². The van der Waals surface area contributed by atoms with Crippen molar-refractivity contribution in [1.82, 2.24) is 4.90 Å². The molecule has 0 aliphatic heterocycles. The lowest BCUT2D eigenvalue weighted by Crippen LogP contribution is -2.37. The van der Waals surface area contributed by atoms with Crippen LogP contribution in [0, 0.1) is 0 Å². The molecule has 0 saturated carbocycles. The highest BCUT2D eigenvalue weighted by Crippen LogP contribution is 1.89. The van der Waals surface area contributed by atoms with Gasteiger partial charge >= 0.3 is 0 Å². The third-order valence-electron chi connectivity index (χ3n) is 1.60. The van der Waals surface area contributed by atoms with Crippen molar-refractivity contribution in [3.8, 4) is 0 Å². The zero-order chi connectivity index (χ0) is 8.69. The molecule has 0 heterocycles. The van der Waals surface area contributed by atoms with Crippen LogP contribution in [0.25, 0.3) is 0 Å². The summed E-state index contributed by atoms with van der Waals surface area (Å²) in [5, 5.41) is 17.7. The lowest BCUT2D eigenvalue weighted by molar-refractivity contribution is 0.108. The van der Waals surface area contributed by atoms with Crippen molar-refractivity contribution in [2.24, 2.45) is 5.73 Å². The molecular weight excluding hydrogens is 144 g/mol. The van der Waals surface area contributed by atoms with Crippen molar-refractivity contribution < 1.29 is 10.2 Å². The lowest BCUT2D eigenvalue weighted by atomic mass is 10.3. The second kappa shape index (κ2) is 6.54. The molecule has 0 aromatic heterocycles. The number of likely N-dealkylation sites (N-methyl/N-ethyl adjacent to an activating group) is 1. The van der Waals surface area contributed by atoms with E-state index in [1.165, 1.54) is 0 Å². The average molecular weight is 162 g/mol. The van der Waals surface area contributed by atoms with Gasteiger partial charge in [0.15, 0.2) is 0 Å². The van der Waals surface area contributed by atoms with E-state index in [4.69, 9.17) is 15.9 Å². The number of aliphatic hydroxyl groups excluding tert-OH is 2. The van der Waals surface area contributed by atoms with Crippen LogP contribution in [0.2, 0.25) is 0 Å². The Morgan fingerprint density at radius 1 is 1.55 bits per heavy atom. The first kappa shape index (κ1) is 10.8. The molecule has 4 nitrogen and oxygen atoms in total. The Hall–Kier alpha value is -0.160. The second-order valence-corrected chi connectivity index (χ2v) is 2.51. The van der Waals surface area contributed by atoms with E-state index in [9.17, 15) is 0 Å². The molecule has 1 atom stereocenters. The monoisotopic (exact) mass is 162 g/mol. The van der Waals surface area contributed by atoms with Gasteiger partial charge in [0.05, 0.1) is 12.7 Å². The fourth-order valence-electron chi connectivity index (χ4n) is 0.893. The van der Waals surface area contributed by atoms with Crippen LogP contribution in [0.15, 0.2) is 0 Å². The van der Waals surface area contributed by atoms with Crippen LogP contribution in [-0.2, 0) is 0 Å². The number of rotatable bonds is 6. The molecule has 0 spiro atoms. The number of nitrogens with two attached hydrogens (primary N) is 1. The van der Waals surface area contributed by atoms with Gasteiger partial charge in [0, 0.05) is 19.6 Å². The van der Waals surface area contributed by atoms with Gasteiger partial charge < -0.3 is 15.9 Å². The maximum absolute atomic E-state index is 9.14. The van der Waals surface area contributed by atoms with Gasteiger partial charge in [-0.1, -0.05) is 6.92 Å². The molecule has 0 fully saturated rings. The number of nitrogens with zero attached hydrogens (tertiary/aromatic N) is 1. The molecule has 0 radical (unpaired) electrons. The Morgan fingerprint density at radius 3 is 2.55 bits per heavy atom. The van der Waals surface area contributed by atoms with Crippen LogP contribution in [-0.4, -0.2) is 54.0 Å². The largest absolute Gasteiger partial charge is 0.395 e. The molecule has 0 aromatic carbocycles. The normalized spacial score (nSPS) is 13.9. The Morgan fingerprint density at radius 2 is 2.18 bits per heavy atom. The standard InChI is InChI=1S/C7H18N2O2/c1-2-9(3-4-10)6-7(11)5-8/h7,10-11H,2-6,8H2,1H3/t7-/m0/s1. The van der Waals surface area contributed by atoms with Crippen molar-refractivity contribution in [3.05, 3.63) is 0 Å². The highest BCUT2D eigenvalue weighted by Gasteiger charge is 2.06. The van der Waals surface area contributed by atoms with Gasteiger partial charge in [0.2, 0.25) is 0 Å². The first-order valence-electron chi connectivity index (χ1n) is 3.95. The van der Waals surface area contributed by atoms with Gasteiger partial charge in [0.1, 0.15) is 0 Å². The molecule has 4 N–H and O–H groups in total. The highest BCUT2D eigenvalue weighted by atomic mass is 16.3. The smallest absolute Gasteiger partial charge is 0.0789 e. The summed E-state index contributed by atoms with van der Waals surface area (Å²) in [6.45, 7) is 4.38. The van der Waals surface area contributed by atoms with Crippen molar-refractivity contribution in [3.63, 3.8) is 0 Å². The molecule has 0 aliphatic rings. The van der Waals surface area contributed by atoms with Crippen molar-refractivity contribution in [2.75, 3.05) is 32.8 Å². The van der Waals surface area contributed by atoms with Gasteiger partial charge in [-0.25, -0.2) is 0 Å². The summed E-state index contributed by atoms with van der Waals surface area (Å²) >= 11 is 0. The lowest BCUT2D eigenvalue weighted by Gasteiger charge is -2.21. The molecule has 0 amide bonds. The van der Waals surface area contributed by atoms with Crippen molar-refractivity contribution >= 4 is 0 Å². The SMILES string of the molecule is CCN(CCO)C[C@@H](O)CN. The van der Waals surface area contributed by atoms with Crippen LogP contribution < -0.4 is 5.73 Å². The van der Waals surface area contributed by atoms with Crippen LogP contribution in [0.1, 0.15) is 6.92 Å². The summed E-state index contributed by atoms with van der Waals surface area (Å²) in [6.07, 6.45) is -0.471. The van der Waals surface area contributed by atoms with Gasteiger partial charge in [-0.3, -0.25) is 4.90 Å². The van der Waals surface area contributed by atoms with Crippen LogP contribution in [0.5, 0.6) is 0 Å². The summed E-state index contributed by atoms with van der Waals surface area (Å²) in [6, 6.07) is 0. The van der Waals surface area contributed by atoms with Crippen LogP contribution in [0.4, 0.5) is 0 Å². The first-order valence-corrected chi connectivity index (χ1v) is 3.95. The minimum Gasteiger partial charge on any atom is -0.395 e. The van der Waals surface area contributed by atoms with Crippen molar-refractivity contribution in [1.29, 1.82) is 0 Å². The topological polar surface area (TPSA) is 69.7 Å². The zero-order valence-corrected chi connectivity index (χ0v) is 7.03. The third kappa shape index (κ3) is 5.15. The molecule has 68 valence electrons. The molecule has 0 unspecified atom stereocenters. The Labute approximate surface area is 67.6 Å².